The van der Waals surface area contributed by atoms with Gasteiger partial charge in [-0.1, -0.05) is 24.3 Å². The van der Waals surface area contributed by atoms with Crippen LogP contribution in [0, 0.1) is 0 Å². The fraction of sp³-hybridized carbons (Fsp3) is 0.111. The lowest BCUT2D eigenvalue weighted by molar-refractivity contribution is -0.191. The first-order valence-corrected chi connectivity index (χ1v) is 7.38. The predicted octanol–water partition coefficient (Wildman–Crippen LogP) is 3.27. The molecule has 0 heterocycles. The van der Waals surface area contributed by atoms with Gasteiger partial charge in [0.25, 0.3) is 0 Å². The fourth-order valence-electron chi connectivity index (χ4n) is 2.08. The second-order valence-corrected chi connectivity index (χ2v) is 5.17. The van der Waals surface area contributed by atoms with Crippen LogP contribution in [0.25, 0.3) is 6.08 Å². The number of amides is 1. The summed E-state index contributed by atoms with van der Waals surface area (Å²) in [5.74, 6) is 0.0232. The van der Waals surface area contributed by atoms with Gasteiger partial charge in [-0.2, -0.15) is 5.26 Å². The molecule has 0 saturated carbocycles. The number of carbonyl (C=O) groups is 2. The van der Waals surface area contributed by atoms with Gasteiger partial charge in [0.2, 0.25) is 5.91 Å². The maximum Gasteiger partial charge on any atom is 0.545 e. The smallest absolute Gasteiger partial charge is 0.508 e. The number of aromatic hydroxyl groups is 1. The van der Waals surface area contributed by atoms with E-state index in [1.165, 1.54) is 18.2 Å². The van der Waals surface area contributed by atoms with Crippen LogP contribution in [0.1, 0.15) is 24.1 Å². The Kier molecular flexibility index (Phi) is 6.14. The second kappa shape index (κ2) is 8.51. The molecule has 0 fully saturated rings. The normalized spacial score (nSPS) is 11.8. The molecule has 0 spiro atoms. The van der Waals surface area contributed by atoms with E-state index in [2.05, 4.69) is 14.9 Å². The van der Waals surface area contributed by atoms with Crippen LogP contribution < -0.4 is 10.1 Å². The first-order chi connectivity index (χ1) is 12.0. The number of hydrogen-bond acceptors (Lipinski definition) is 6. The summed E-state index contributed by atoms with van der Waals surface area (Å²) < 4.78 is 4.68. The third-order valence-corrected chi connectivity index (χ3v) is 3.31. The number of hydrogen-bond donors (Lipinski definition) is 3. The van der Waals surface area contributed by atoms with Gasteiger partial charge in [0.15, 0.2) is 0 Å². The van der Waals surface area contributed by atoms with E-state index in [0.717, 1.165) is 5.56 Å². The molecule has 7 heteroatoms. The van der Waals surface area contributed by atoms with Crippen molar-refractivity contribution < 1.29 is 29.6 Å². The monoisotopic (exact) mass is 343 g/mol. The van der Waals surface area contributed by atoms with Gasteiger partial charge >= 0.3 is 6.16 Å². The molecule has 7 nitrogen and oxygen atoms in total. The van der Waals surface area contributed by atoms with Gasteiger partial charge < -0.3 is 15.2 Å². The molecule has 0 bridgehead atoms. The van der Waals surface area contributed by atoms with Gasteiger partial charge in [0.1, 0.15) is 11.5 Å². The molecular formula is C18H17NO6. The zero-order valence-corrected chi connectivity index (χ0v) is 13.4. The van der Waals surface area contributed by atoms with E-state index >= 15 is 0 Å². The molecule has 0 aliphatic heterocycles. The molecular weight excluding hydrogens is 326 g/mol. The summed E-state index contributed by atoms with van der Waals surface area (Å²) in [4.78, 5) is 26.3. The third-order valence-electron chi connectivity index (χ3n) is 3.31. The number of rotatable bonds is 5. The van der Waals surface area contributed by atoms with Gasteiger partial charge in [-0.25, -0.2) is 4.79 Å². The van der Waals surface area contributed by atoms with E-state index in [-0.39, 0.29) is 23.4 Å². The minimum Gasteiger partial charge on any atom is -0.508 e. The topological polar surface area (TPSA) is 105 Å². The van der Waals surface area contributed by atoms with Crippen LogP contribution in [0.5, 0.6) is 11.5 Å². The molecule has 0 aromatic heterocycles. The molecule has 130 valence electrons. The number of phenolic OH excluding ortho intramolecular Hbond substituents is 1. The summed E-state index contributed by atoms with van der Waals surface area (Å²) >= 11 is 0. The summed E-state index contributed by atoms with van der Waals surface area (Å²) in [6.45, 7) is 1.83. The number of nitrogens with one attached hydrogen (secondary N) is 1. The van der Waals surface area contributed by atoms with Gasteiger partial charge in [0, 0.05) is 6.08 Å². The molecule has 2 aromatic carbocycles. The Bertz CT molecular complexity index is 769. The van der Waals surface area contributed by atoms with E-state index in [1.54, 1.807) is 42.5 Å². The molecule has 2 rings (SSSR count). The van der Waals surface area contributed by atoms with Crippen molar-refractivity contribution in [2.75, 3.05) is 0 Å². The van der Waals surface area contributed by atoms with Crippen LogP contribution in [0.2, 0.25) is 0 Å². The maximum atomic E-state index is 12.0. The van der Waals surface area contributed by atoms with Gasteiger partial charge in [-0.05, 0) is 48.4 Å². The van der Waals surface area contributed by atoms with Crippen LogP contribution >= 0.6 is 0 Å². The molecule has 0 aliphatic carbocycles. The average molecular weight is 343 g/mol. The minimum atomic E-state index is -1.25. The molecule has 2 aromatic rings. The van der Waals surface area contributed by atoms with Crippen molar-refractivity contribution in [3.05, 3.63) is 65.7 Å². The van der Waals surface area contributed by atoms with Crippen molar-refractivity contribution in [2.45, 2.75) is 13.0 Å². The highest BCUT2D eigenvalue weighted by Gasteiger charge is 2.08. The summed E-state index contributed by atoms with van der Waals surface area (Å²) in [6.07, 6.45) is 1.65. The Labute approximate surface area is 144 Å². The standard InChI is InChI=1S/C18H17NO6/c1-12(14-6-8-15(20)9-7-14)19-17(21)10-5-13-3-2-4-16(11-13)24-18(22)25-23/h2-12,20,23H,1H3,(H,19,21). The van der Waals surface area contributed by atoms with Crippen LogP contribution in [0.4, 0.5) is 4.79 Å². The van der Waals surface area contributed by atoms with E-state index in [1.807, 2.05) is 6.92 Å². The Morgan fingerprint density at radius 1 is 1.16 bits per heavy atom. The van der Waals surface area contributed by atoms with Gasteiger partial charge in [0.05, 0.1) is 6.04 Å². The zero-order valence-electron chi connectivity index (χ0n) is 13.4. The minimum absolute atomic E-state index is 0.161. The van der Waals surface area contributed by atoms with Crippen molar-refractivity contribution in [3.8, 4) is 11.5 Å². The molecule has 25 heavy (non-hydrogen) atoms. The van der Waals surface area contributed by atoms with Crippen LogP contribution in [-0.4, -0.2) is 22.4 Å². The lowest BCUT2D eigenvalue weighted by Gasteiger charge is -2.12. The van der Waals surface area contributed by atoms with Crippen LogP contribution in [-0.2, 0) is 9.68 Å². The fourth-order valence-corrected chi connectivity index (χ4v) is 2.08. The van der Waals surface area contributed by atoms with E-state index in [9.17, 15) is 14.7 Å². The SMILES string of the molecule is CC(NC(=O)C=Cc1cccc(OC(=O)OO)c1)c1ccc(O)cc1. The lowest BCUT2D eigenvalue weighted by atomic mass is 10.1. The van der Waals surface area contributed by atoms with Crippen molar-refractivity contribution >= 4 is 18.1 Å². The lowest BCUT2D eigenvalue weighted by Crippen LogP contribution is -2.24. The number of ether oxygens (including phenoxy) is 1. The van der Waals surface area contributed by atoms with Gasteiger partial charge in [-0.15, -0.1) is 0 Å². The number of carbonyl (C=O) groups excluding carboxylic acids is 2. The molecule has 0 radical (unpaired) electrons. The Morgan fingerprint density at radius 2 is 1.88 bits per heavy atom. The average Bonchev–Trinajstić information content (AvgIpc) is 2.60. The second-order valence-electron chi connectivity index (χ2n) is 5.17. The predicted molar refractivity (Wildman–Crippen MR) is 89.9 cm³/mol. The first-order valence-electron chi connectivity index (χ1n) is 7.38. The largest absolute Gasteiger partial charge is 0.545 e. The number of phenols is 1. The Morgan fingerprint density at radius 3 is 2.56 bits per heavy atom. The molecule has 1 amide bonds. The first kappa shape index (κ1) is 18.0. The number of benzene rings is 2. The van der Waals surface area contributed by atoms with E-state index < -0.39 is 6.16 Å². The highest BCUT2D eigenvalue weighted by molar-refractivity contribution is 5.92. The summed E-state index contributed by atoms with van der Waals surface area (Å²) in [6, 6.07) is 12.7. The molecule has 0 aliphatic rings. The van der Waals surface area contributed by atoms with Crippen molar-refractivity contribution in [2.24, 2.45) is 0 Å². The molecule has 1 unspecified atom stereocenters. The molecule has 3 N–H and O–H groups in total. The highest BCUT2D eigenvalue weighted by Crippen LogP contribution is 2.17. The van der Waals surface area contributed by atoms with Crippen LogP contribution in [0.3, 0.4) is 0 Å². The summed E-state index contributed by atoms with van der Waals surface area (Å²) in [7, 11) is 0. The molecule has 0 saturated heterocycles. The van der Waals surface area contributed by atoms with Crippen LogP contribution in [0.15, 0.2) is 54.6 Å². The van der Waals surface area contributed by atoms with E-state index in [0.29, 0.717) is 5.56 Å². The van der Waals surface area contributed by atoms with Crippen molar-refractivity contribution in [1.29, 1.82) is 0 Å². The Balaban J connectivity index is 1.96. The summed E-state index contributed by atoms with van der Waals surface area (Å²) in [5.41, 5.74) is 1.48. The Hall–Kier alpha value is -3.32. The third kappa shape index (κ3) is 5.67. The summed E-state index contributed by atoms with van der Waals surface area (Å²) in [5, 5.41) is 20.2. The highest BCUT2D eigenvalue weighted by atomic mass is 17.1. The van der Waals surface area contributed by atoms with E-state index in [4.69, 9.17) is 5.26 Å². The van der Waals surface area contributed by atoms with Crippen molar-refractivity contribution in [3.63, 3.8) is 0 Å². The zero-order chi connectivity index (χ0) is 18.2. The van der Waals surface area contributed by atoms with Gasteiger partial charge in [-0.3, -0.25) is 9.68 Å². The molecule has 1 atom stereocenters. The quantitative estimate of drug-likeness (QED) is 0.253. The van der Waals surface area contributed by atoms with Crippen molar-refractivity contribution in [1.82, 2.24) is 5.32 Å². The maximum absolute atomic E-state index is 12.0.